The molecule has 0 spiro atoms. The zero-order valence-electron chi connectivity index (χ0n) is 13.3. The minimum Gasteiger partial charge on any atom is -0.346 e. The van der Waals surface area contributed by atoms with E-state index in [9.17, 15) is 4.79 Å². The molecular weight excluding hydrogens is 306 g/mol. The summed E-state index contributed by atoms with van der Waals surface area (Å²) in [7, 11) is 0. The standard InChI is InChI=1S/C18H21N3OS/c1-12-3-2-4-14(7-12)16-9-19-18(23-16)17(22)20-15-8-13-5-6-21(10-13)11-15/h2-4,7,9,13,15H,5-6,8,10-11H2,1H3,(H,20,22)/t13-,15+/m0/s1. The molecule has 0 radical (unpaired) electrons. The van der Waals surface area contributed by atoms with Gasteiger partial charge < -0.3 is 10.2 Å². The topological polar surface area (TPSA) is 45.2 Å². The van der Waals surface area contributed by atoms with Crippen molar-refractivity contribution in [1.29, 1.82) is 0 Å². The average molecular weight is 327 g/mol. The molecule has 23 heavy (non-hydrogen) atoms. The fraction of sp³-hybridized carbons (Fsp3) is 0.444. The molecule has 0 aliphatic carbocycles. The van der Waals surface area contributed by atoms with Gasteiger partial charge in [-0.3, -0.25) is 4.79 Å². The van der Waals surface area contributed by atoms with Crippen LogP contribution in [-0.4, -0.2) is 41.5 Å². The van der Waals surface area contributed by atoms with Gasteiger partial charge in [-0.15, -0.1) is 11.3 Å². The quantitative estimate of drug-likeness (QED) is 0.943. The number of carbonyl (C=O) groups is 1. The summed E-state index contributed by atoms with van der Waals surface area (Å²) in [5.41, 5.74) is 2.34. The van der Waals surface area contributed by atoms with Crippen LogP contribution in [0, 0.1) is 12.8 Å². The summed E-state index contributed by atoms with van der Waals surface area (Å²) in [6.07, 6.45) is 4.20. The number of amides is 1. The molecule has 3 heterocycles. The van der Waals surface area contributed by atoms with E-state index in [0.717, 1.165) is 29.3 Å². The molecule has 120 valence electrons. The molecule has 0 saturated carbocycles. The number of thiazole rings is 1. The van der Waals surface area contributed by atoms with E-state index < -0.39 is 0 Å². The van der Waals surface area contributed by atoms with Gasteiger partial charge in [0.2, 0.25) is 0 Å². The number of hydrogen-bond donors (Lipinski definition) is 1. The van der Waals surface area contributed by atoms with Gasteiger partial charge in [-0.05, 0) is 37.8 Å². The Balaban J connectivity index is 1.45. The molecule has 2 aromatic rings. The highest BCUT2D eigenvalue weighted by Crippen LogP contribution is 2.28. The number of rotatable bonds is 3. The second kappa shape index (κ2) is 6.06. The van der Waals surface area contributed by atoms with Gasteiger partial charge in [-0.25, -0.2) is 4.98 Å². The summed E-state index contributed by atoms with van der Waals surface area (Å²) < 4.78 is 0. The Hall–Kier alpha value is -1.72. The Morgan fingerprint density at radius 2 is 2.30 bits per heavy atom. The lowest BCUT2D eigenvalue weighted by atomic mass is 9.97. The van der Waals surface area contributed by atoms with Crippen LogP contribution in [0.3, 0.4) is 0 Å². The highest BCUT2D eigenvalue weighted by molar-refractivity contribution is 7.16. The fourth-order valence-corrected chi connectivity index (χ4v) is 4.54. The Kier molecular flexibility index (Phi) is 3.91. The molecule has 2 bridgehead atoms. The van der Waals surface area contributed by atoms with Crippen molar-refractivity contribution in [2.75, 3.05) is 19.6 Å². The molecule has 1 aromatic heterocycles. The molecular formula is C18H21N3OS. The van der Waals surface area contributed by atoms with Crippen molar-refractivity contribution in [2.24, 2.45) is 5.92 Å². The number of fused-ring (bicyclic) bond motifs is 2. The van der Waals surface area contributed by atoms with E-state index in [4.69, 9.17) is 0 Å². The summed E-state index contributed by atoms with van der Waals surface area (Å²) in [5.74, 6) is 0.731. The van der Waals surface area contributed by atoms with E-state index in [2.05, 4.69) is 40.3 Å². The first kappa shape index (κ1) is 14.8. The van der Waals surface area contributed by atoms with Crippen molar-refractivity contribution in [3.63, 3.8) is 0 Å². The number of piperidine rings is 1. The lowest BCUT2D eigenvalue weighted by Gasteiger charge is -2.30. The van der Waals surface area contributed by atoms with Gasteiger partial charge in [0, 0.05) is 25.3 Å². The van der Waals surface area contributed by atoms with Crippen LogP contribution in [0.1, 0.15) is 28.2 Å². The molecule has 4 rings (SSSR count). The van der Waals surface area contributed by atoms with E-state index in [1.807, 2.05) is 12.3 Å². The van der Waals surface area contributed by atoms with Crippen LogP contribution in [0.15, 0.2) is 30.5 Å². The first-order chi connectivity index (χ1) is 11.2. The normalized spacial score (nSPS) is 26.2. The lowest BCUT2D eigenvalue weighted by molar-refractivity contribution is 0.0909. The van der Waals surface area contributed by atoms with E-state index in [0.29, 0.717) is 5.01 Å². The van der Waals surface area contributed by atoms with E-state index in [1.165, 1.54) is 36.4 Å². The van der Waals surface area contributed by atoms with Gasteiger partial charge >= 0.3 is 0 Å². The van der Waals surface area contributed by atoms with Gasteiger partial charge in [-0.2, -0.15) is 0 Å². The molecule has 2 aliphatic rings. The number of hydrogen-bond acceptors (Lipinski definition) is 4. The maximum Gasteiger partial charge on any atom is 0.280 e. The SMILES string of the molecule is Cc1cccc(-c2cnc(C(=O)N[C@@H]3C[C@@H]4CCN(C4)C3)s2)c1. The zero-order chi connectivity index (χ0) is 15.8. The third-order valence-corrected chi connectivity index (χ3v) is 5.85. The van der Waals surface area contributed by atoms with Crippen molar-refractivity contribution in [3.8, 4) is 10.4 Å². The minimum absolute atomic E-state index is 0.0265. The van der Waals surface area contributed by atoms with Crippen LogP contribution < -0.4 is 5.32 Å². The third-order valence-electron chi connectivity index (χ3n) is 4.80. The molecule has 1 N–H and O–H groups in total. The predicted molar refractivity (Wildman–Crippen MR) is 92.7 cm³/mol. The molecule has 4 nitrogen and oxygen atoms in total. The van der Waals surface area contributed by atoms with Gasteiger partial charge in [0.15, 0.2) is 5.01 Å². The van der Waals surface area contributed by atoms with Crippen LogP contribution in [0.4, 0.5) is 0 Å². The zero-order valence-corrected chi connectivity index (χ0v) is 14.1. The maximum absolute atomic E-state index is 12.5. The molecule has 2 fully saturated rings. The summed E-state index contributed by atoms with van der Waals surface area (Å²) in [6.45, 7) is 5.45. The van der Waals surface area contributed by atoms with Crippen LogP contribution in [0.5, 0.6) is 0 Å². The van der Waals surface area contributed by atoms with Crippen molar-refractivity contribution in [1.82, 2.24) is 15.2 Å². The summed E-state index contributed by atoms with van der Waals surface area (Å²) in [4.78, 5) is 20.3. The van der Waals surface area contributed by atoms with E-state index in [-0.39, 0.29) is 11.9 Å². The van der Waals surface area contributed by atoms with E-state index >= 15 is 0 Å². The Bertz CT molecular complexity index is 715. The second-order valence-electron chi connectivity index (χ2n) is 6.72. The largest absolute Gasteiger partial charge is 0.346 e. The fourth-order valence-electron chi connectivity index (χ4n) is 3.72. The molecule has 1 amide bonds. The first-order valence-electron chi connectivity index (χ1n) is 8.23. The molecule has 3 atom stereocenters. The number of nitrogens with one attached hydrogen (secondary N) is 1. The van der Waals surface area contributed by atoms with Crippen molar-refractivity contribution in [2.45, 2.75) is 25.8 Å². The lowest BCUT2D eigenvalue weighted by Crippen LogP contribution is -2.46. The van der Waals surface area contributed by atoms with Crippen molar-refractivity contribution < 1.29 is 4.79 Å². The molecule has 1 aromatic carbocycles. The Morgan fingerprint density at radius 1 is 1.39 bits per heavy atom. The maximum atomic E-state index is 12.5. The van der Waals surface area contributed by atoms with Crippen LogP contribution in [0.2, 0.25) is 0 Å². The smallest absolute Gasteiger partial charge is 0.280 e. The highest BCUT2D eigenvalue weighted by Gasteiger charge is 2.33. The average Bonchev–Trinajstić information content (AvgIpc) is 3.14. The number of nitrogens with zero attached hydrogens (tertiary/aromatic N) is 2. The van der Waals surface area contributed by atoms with Crippen molar-refractivity contribution >= 4 is 17.2 Å². The summed E-state index contributed by atoms with van der Waals surface area (Å²) >= 11 is 1.47. The number of aryl methyl sites for hydroxylation is 1. The second-order valence-corrected chi connectivity index (χ2v) is 7.75. The molecule has 1 unspecified atom stereocenters. The Morgan fingerprint density at radius 3 is 3.13 bits per heavy atom. The molecule has 2 aliphatic heterocycles. The predicted octanol–water partition coefficient (Wildman–Crippen LogP) is 2.94. The molecule has 5 heteroatoms. The van der Waals surface area contributed by atoms with Gasteiger partial charge in [0.1, 0.15) is 0 Å². The van der Waals surface area contributed by atoms with Gasteiger partial charge in [0.05, 0.1) is 4.88 Å². The summed E-state index contributed by atoms with van der Waals surface area (Å²) in [6, 6.07) is 8.58. The Labute approximate surface area is 140 Å². The first-order valence-corrected chi connectivity index (χ1v) is 9.05. The highest BCUT2D eigenvalue weighted by atomic mass is 32.1. The number of aromatic nitrogens is 1. The van der Waals surface area contributed by atoms with Gasteiger partial charge in [-0.1, -0.05) is 29.8 Å². The van der Waals surface area contributed by atoms with Crippen LogP contribution in [-0.2, 0) is 0 Å². The minimum atomic E-state index is -0.0265. The molecule has 2 saturated heterocycles. The number of carbonyl (C=O) groups excluding carboxylic acids is 1. The van der Waals surface area contributed by atoms with Crippen LogP contribution >= 0.6 is 11.3 Å². The monoisotopic (exact) mass is 327 g/mol. The van der Waals surface area contributed by atoms with Gasteiger partial charge in [0.25, 0.3) is 5.91 Å². The van der Waals surface area contributed by atoms with Crippen LogP contribution in [0.25, 0.3) is 10.4 Å². The third kappa shape index (κ3) is 3.16. The van der Waals surface area contributed by atoms with Crippen molar-refractivity contribution in [3.05, 3.63) is 41.0 Å². The van der Waals surface area contributed by atoms with E-state index in [1.54, 1.807) is 0 Å². The number of benzene rings is 1. The summed E-state index contributed by atoms with van der Waals surface area (Å²) in [5, 5.41) is 3.74.